The maximum Gasteiger partial charge on any atom is 0.240 e. The highest BCUT2D eigenvalue weighted by molar-refractivity contribution is 5.82. The van der Waals surface area contributed by atoms with Gasteiger partial charge in [-0.3, -0.25) is 9.69 Å². The summed E-state index contributed by atoms with van der Waals surface area (Å²) in [6.45, 7) is 4.36. The number of aromatic amines is 1. The van der Waals surface area contributed by atoms with Crippen LogP contribution in [0.2, 0.25) is 0 Å². The van der Waals surface area contributed by atoms with Crippen molar-refractivity contribution in [3.8, 4) is 0 Å². The molecule has 1 aliphatic rings. The number of benzene rings is 2. The van der Waals surface area contributed by atoms with Gasteiger partial charge in [-0.2, -0.15) is 0 Å². The van der Waals surface area contributed by atoms with Crippen molar-refractivity contribution in [1.29, 1.82) is 0 Å². The van der Waals surface area contributed by atoms with Gasteiger partial charge in [-0.05, 0) is 43.5 Å². The van der Waals surface area contributed by atoms with E-state index in [9.17, 15) is 4.79 Å². The van der Waals surface area contributed by atoms with Crippen LogP contribution in [-0.4, -0.2) is 45.3 Å². The molecule has 1 fully saturated rings. The van der Waals surface area contributed by atoms with Crippen LogP contribution in [0.15, 0.2) is 48.5 Å². The average molecular weight is 362 g/mol. The molecular weight excluding hydrogens is 336 g/mol. The van der Waals surface area contributed by atoms with Crippen LogP contribution in [0.5, 0.6) is 0 Å². The Morgan fingerprint density at radius 2 is 2.04 bits per heavy atom. The van der Waals surface area contributed by atoms with Crippen LogP contribution < -0.4 is 0 Å². The molecule has 0 spiro atoms. The molecule has 2 heterocycles. The molecule has 5 heteroatoms. The first-order valence-electron chi connectivity index (χ1n) is 9.59. The van der Waals surface area contributed by atoms with Gasteiger partial charge in [0.05, 0.1) is 23.6 Å². The van der Waals surface area contributed by atoms with E-state index in [1.807, 2.05) is 25.2 Å². The lowest BCUT2D eigenvalue weighted by atomic mass is 10.1. The summed E-state index contributed by atoms with van der Waals surface area (Å²) in [6.07, 6.45) is 2.00. The van der Waals surface area contributed by atoms with Gasteiger partial charge in [-0.25, -0.2) is 4.98 Å². The third-order valence-electron chi connectivity index (χ3n) is 5.40. The molecule has 140 valence electrons. The van der Waals surface area contributed by atoms with Crippen LogP contribution in [0.3, 0.4) is 0 Å². The van der Waals surface area contributed by atoms with Crippen LogP contribution in [0.4, 0.5) is 0 Å². The number of likely N-dealkylation sites (N-methyl/N-ethyl adjacent to an activating group) is 1. The summed E-state index contributed by atoms with van der Waals surface area (Å²) in [4.78, 5) is 25.2. The third kappa shape index (κ3) is 3.74. The molecule has 0 saturated carbocycles. The predicted octanol–water partition coefficient (Wildman–Crippen LogP) is 3.49. The van der Waals surface area contributed by atoms with E-state index in [1.165, 1.54) is 5.56 Å². The number of aromatic nitrogens is 2. The second-order valence-corrected chi connectivity index (χ2v) is 7.46. The lowest BCUT2D eigenvalue weighted by Gasteiger charge is -2.27. The number of aryl methyl sites for hydroxylation is 1. The summed E-state index contributed by atoms with van der Waals surface area (Å²) in [5, 5.41) is 0. The van der Waals surface area contributed by atoms with Gasteiger partial charge in [-0.15, -0.1) is 0 Å². The van der Waals surface area contributed by atoms with Crippen molar-refractivity contribution in [2.45, 2.75) is 38.9 Å². The zero-order valence-electron chi connectivity index (χ0n) is 16.0. The first-order chi connectivity index (χ1) is 13.1. The Kier molecular flexibility index (Phi) is 4.94. The van der Waals surface area contributed by atoms with Crippen molar-refractivity contribution in [3.05, 3.63) is 65.5 Å². The summed E-state index contributed by atoms with van der Waals surface area (Å²) in [6, 6.07) is 16.5. The average Bonchev–Trinajstić information content (AvgIpc) is 3.29. The Balaban J connectivity index is 1.45. The number of H-pyrrole nitrogens is 1. The molecule has 27 heavy (non-hydrogen) atoms. The zero-order chi connectivity index (χ0) is 18.8. The molecule has 0 aliphatic carbocycles. The van der Waals surface area contributed by atoms with Gasteiger partial charge in [0.2, 0.25) is 5.91 Å². The Morgan fingerprint density at radius 1 is 1.22 bits per heavy atom. The zero-order valence-corrected chi connectivity index (χ0v) is 16.0. The number of fused-ring (bicyclic) bond motifs is 1. The monoisotopic (exact) mass is 362 g/mol. The van der Waals surface area contributed by atoms with Crippen molar-refractivity contribution in [3.63, 3.8) is 0 Å². The molecule has 1 atom stereocenters. The fourth-order valence-electron chi connectivity index (χ4n) is 3.97. The third-order valence-corrected chi connectivity index (χ3v) is 5.40. The molecule has 1 aromatic heterocycles. The van der Waals surface area contributed by atoms with Gasteiger partial charge >= 0.3 is 0 Å². The van der Waals surface area contributed by atoms with E-state index in [1.54, 1.807) is 4.90 Å². The molecule has 0 bridgehead atoms. The van der Waals surface area contributed by atoms with Gasteiger partial charge in [0, 0.05) is 13.6 Å². The molecule has 5 nitrogen and oxygen atoms in total. The summed E-state index contributed by atoms with van der Waals surface area (Å²) in [5.41, 5.74) is 4.42. The minimum Gasteiger partial charge on any atom is -0.340 e. The van der Waals surface area contributed by atoms with E-state index in [0.717, 1.165) is 48.4 Å². The first-order valence-corrected chi connectivity index (χ1v) is 9.59. The number of nitrogens with zero attached hydrogens (tertiary/aromatic N) is 3. The number of carbonyl (C=O) groups excluding carboxylic acids is 1. The first kappa shape index (κ1) is 17.7. The lowest BCUT2D eigenvalue weighted by Crippen LogP contribution is -2.43. The SMILES string of the molecule is Cc1cccc2[nH]c(CN(C)C(=O)[C@@H]3CCCN3Cc3ccccc3)nc12. The summed E-state index contributed by atoms with van der Waals surface area (Å²) in [7, 11) is 1.88. The molecule has 0 unspecified atom stereocenters. The molecular formula is C22H26N4O. The van der Waals surface area contributed by atoms with Crippen LogP contribution in [0.25, 0.3) is 11.0 Å². The van der Waals surface area contributed by atoms with Crippen molar-refractivity contribution in [2.24, 2.45) is 0 Å². The molecule has 0 radical (unpaired) electrons. The summed E-state index contributed by atoms with van der Waals surface area (Å²) >= 11 is 0. The van der Waals surface area contributed by atoms with Gasteiger partial charge in [0.15, 0.2) is 0 Å². The Bertz CT molecular complexity index is 934. The topological polar surface area (TPSA) is 52.2 Å². The Hall–Kier alpha value is -2.66. The van der Waals surface area contributed by atoms with Gasteiger partial charge in [0.1, 0.15) is 5.82 Å². The number of likely N-dealkylation sites (tertiary alicyclic amines) is 1. The number of para-hydroxylation sites is 1. The van der Waals surface area contributed by atoms with Gasteiger partial charge in [0.25, 0.3) is 0 Å². The van der Waals surface area contributed by atoms with Crippen LogP contribution in [0, 0.1) is 6.92 Å². The molecule has 1 N–H and O–H groups in total. The van der Waals surface area contributed by atoms with Gasteiger partial charge < -0.3 is 9.88 Å². The van der Waals surface area contributed by atoms with E-state index in [2.05, 4.69) is 52.1 Å². The molecule has 4 rings (SSSR count). The van der Waals surface area contributed by atoms with Crippen LogP contribution in [-0.2, 0) is 17.9 Å². The van der Waals surface area contributed by atoms with Crippen molar-refractivity contribution in [1.82, 2.24) is 19.8 Å². The smallest absolute Gasteiger partial charge is 0.240 e. The van der Waals surface area contributed by atoms with Crippen LogP contribution >= 0.6 is 0 Å². The summed E-state index contributed by atoms with van der Waals surface area (Å²) < 4.78 is 0. The minimum absolute atomic E-state index is 0.0404. The van der Waals surface area contributed by atoms with Gasteiger partial charge in [-0.1, -0.05) is 42.5 Å². The van der Waals surface area contributed by atoms with Crippen molar-refractivity contribution >= 4 is 16.9 Å². The normalized spacial score (nSPS) is 17.5. The second-order valence-electron chi connectivity index (χ2n) is 7.46. The molecule has 1 saturated heterocycles. The Labute approximate surface area is 160 Å². The number of imidazole rings is 1. The van der Waals surface area contributed by atoms with Crippen molar-refractivity contribution in [2.75, 3.05) is 13.6 Å². The highest BCUT2D eigenvalue weighted by Gasteiger charge is 2.32. The second kappa shape index (κ2) is 7.53. The quantitative estimate of drug-likeness (QED) is 0.756. The highest BCUT2D eigenvalue weighted by atomic mass is 16.2. The number of carbonyl (C=O) groups is 1. The molecule has 1 aliphatic heterocycles. The lowest BCUT2D eigenvalue weighted by molar-refractivity contribution is -0.135. The largest absolute Gasteiger partial charge is 0.340 e. The standard InChI is InChI=1S/C22H26N4O/c1-16-8-6-11-18-21(16)24-20(23-18)15-25(2)22(27)19-12-7-13-26(19)14-17-9-4-3-5-10-17/h3-6,8-11,19H,7,12-15H2,1-2H3,(H,23,24)/t19-/m0/s1. The van der Waals surface area contributed by atoms with E-state index >= 15 is 0 Å². The Morgan fingerprint density at radius 3 is 2.81 bits per heavy atom. The minimum atomic E-state index is -0.0404. The molecule has 1 amide bonds. The maximum absolute atomic E-state index is 13.1. The van der Waals surface area contributed by atoms with E-state index in [4.69, 9.17) is 0 Å². The number of rotatable bonds is 5. The van der Waals surface area contributed by atoms with E-state index < -0.39 is 0 Å². The summed E-state index contributed by atoms with van der Waals surface area (Å²) in [5.74, 6) is 1.02. The van der Waals surface area contributed by atoms with Crippen LogP contribution in [0.1, 0.15) is 29.8 Å². The molecule has 3 aromatic rings. The van der Waals surface area contributed by atoms with E-state index in [-0.39, 0.29) is 11.9 Å². The number of hydrogen-bond acceptors (Lipinski definition) is 3. The number of amides is 1. The number of nitrogens with one attached hydrogen (secondary N) is 1. The highest BCUT2D eigenvalue weighted by Crippen LogP contribution is 2.22. The predicted molar refractivity (Wildman–Crippen MR) is 107 cm³/mol. The maximum atomic E-state index is 13.1. The molecule has 2 aromatic carbocycles. The van der Waals surface area contributed by atoms with Crippen molar-refractivity contribution < 1.29 is 4.79 Å². The fraction of sp³-hybridized carbons (Fsp3) is 0.364. The fourth-order valence-corrected chi connectivity index (χ4v) is 3.97. The van der Waals surface area contributed by atoms with E-state index in [0.29, 0.717) is 6.54 Å². The number of hydrogen-bond donors (Lipinski definition) is 1.